The van der Waals surface area contributed by atoms with E-state index in [4.69, 9.17) is 4.74 Å². The molecule has 0 saturated heterocycles. The van der Waals surface area contributed by atoms with E-state index in [1.807, 2.05) is 32.0 Å². The fourth-order valence-corrected chi connectivity index (χ4v) is 2.67. The fourth-order valence-electron chi connectivity index (χ4n) is 2.67. The van der Waals surface area contributed by atoms with E-state index in [0.717, 1.165) is 16.8 Å². The van der Waals surface area contributed by atoms with Crippen LogP contribution in [0.15, 0.2) is 18.2 Å². The summed E-state index contributed by atoms with van der Waals surface area (Å²) in [7, 11) is 0. The summed E-state index contributed by atoms with van der Waals surface area (Å²) in [6.07, 6.45) is 0. The molecule has 5 nitrogen and oxygen atoms in total. The molecule has 0 radical (unpaired) electrons. The van der Waals surface area contributed by atoms with Crippen LogP contribution in [0.25, 0.3) is 0 Å². The first kappa shape index (κ1) is 16.8. The van der Waals surface area contributed by atoms with E-state index >= 15 is 0 Å². The predicted octanol–water partition coefficient (Wildman–Crippen LogP) is 3.68. The molecule has 5 heteroatoms. The Bertz CT molecular complexity index is 740. The number of aromatic amines is 1. The molecule has 0 fully saturated rings. The Hall–Kier alpha value is -2.56. The van der Waals surface area contributed by atoms with Crippen molar-refractivity contribution in [3.05, 3.63) is 51.8 Å². The average molecular weight is 314 g/mol. The number of rotatable bonds is 4. The number of hydrogen-bond donors (Lipinski definition) is 2. The van der Waals surface area contributed by atoms with Gasteiger partial charge in [0.25, 0.3) is 5.91 Å². The first-order valence-electron chi connectivity index (χ1n) is 7.60. The van der Waals surface area contributed by atoms with E-state index in [1.165, 1.54) is 0 Å². The molecule has 0 spiro atoms. The van der Waals surface area contributed by atoms with Gasteiger partial charge >= 0.3 is 5.97 Å². The fraction of sp³-hybridized carbons (Fsp3) is 0.333. The molecule has 23 heavy (non-hydrogen) atoms. The Morgan fingerprint density at radius 3 is 2.30 bits per heavy atom. The van der Waals surface area contributed by atoms with Crippen LogP contribution < -0.4 is 5.32 Å². The number of ether oxygens (including phenoxy) is 1. The molecular formula is C18H22N2O3. The van der Waals surface area contributed by atoms with Crippen LogP contribution in [-0.2, 0) is 4.74 Å². The molecule has 2 rings (SSSR count). The Morgan fingerprint density at radius 1 is 1.13 bits per heavy atom. The van der Waals surface area contributed by atoms with Gasteiger partial charge in [0.1, 0.15) is 5.69 Å². The molecule has 0 aliphatic carbocycles. The standard InChI is InChI=1S/C18H22N2O3/c1-6-23-18(22)14-12(4)16(19-13(14)5)17(21)20-15-10(2)8-7-9-11(15)3/h7-9,19H,6H2,1-5H3,(H,20,21). The van der Waals surface area contributed by atoms with Gasteiger partial charge < -0.3 is 15.0 Å². The maximum Gasteiger partial charge on any atom is 0.340 e. The van der Waals surface area contributed by atoms with Crippen molar-refractivity contribution in [3.8, 4) is 0 Å². The van der Waals surface area contributed by atoms with Crippen LogP contribution >= 0.6 is 0 Å². The number of carbonyl (C=O) groups excluding carboxylic acids is 2. The van der Waals surface area contributed by atoms with Crippen molar-refractivity contribution < 1.29 is 14.3 Å². The predicted molar refractivity (Wildman–Crippen MR) is 90.1 cm³/mol. The van der Waals surface area contributed by atoms with Crippen LogP contribution in [0, 0.1) is 27.7 Å². The summed E-state index contributed by atoms with van der Waals surface area (Å²) in [6, 6.07) is 5.84. The van der Waals surface area contributed by atoms with Crippen molar-refractivity contribution in [2.24, 2.45) is 0 Å². The number of nitrogens with one attached hydrogen (secondary N) is 2. The summed E-state index contributed by atoms with van der Waals surface area (Å²) >= 11 is 0. The second-order valence-corrected chi connectivity index (χ2v) is 5.57. The van der Waals surface area contributed by atoms with E-state index in [0.29, 0.717) is 29.1 Å². The maximum absolute atomic E-state index is 12.6. The molecule has 0 aliphatic rings. The molecule has 122 valence electrons. The monoisotopic (exact) mass is 314 g/mol. The molecular weight excluding hydrogens is 292 g/mol. The molecule has 0 atom stereocenters. The lowest BCUT2D eigenvalue weighted by molar-refractivity contribution is 0.0525. The molecule has 0 aliphatic heterocycles. The number of anilines is 1. The van der Waals surface area contributed by atoms with Crippen molar-refractivity contribution in [1.82, 2.24) is 4.98 Å². The molecule has 0 bridgehead atoms. The molecule has 0 saturated carbocycles. The van der Waals surface area contributed by atoms with Gasteiger partial charge in [0.2, 0.25) is 0 Å². The van der Waals surface area contributed by atoms with Gasteiger partial charge in [-0.3, -0.25) is 4.79 Å². The van der Waals surface area contributed by atoms with E-state index in [9.17, 15) is 9.59 Å². The van der Waals surface area contributed by atoms with Crippen LogP contribution in [0.5, 0.6) is 0 Å². The second kappa shape index (κ2) is 6.69. The summed E-state index contributed by atoms with van der Waals surface area (Å²) in [5, 5.41) is 2.92. The topological polar surface area (TPSA) is 71.2 Å². The van der Waals surface area contributed by atoms with Crippen molar-refractivity contribution in [2.45, 2.75) is 34.6 Å². The van der Waals surface area contributed by atoms with Crippen molar-refractivity contribution in [2.75, 3.05) is 11.9 Å². The maximum atomic E-state index is 12.6. The number of aryl methyl sites for hydroxylation is 3. The van der Waals surface area contributed by atoms with Gasteiger partial charge in [-0.2, -0.15) is 0 Å². The molecule has 1 heterocycles. The number of aromatic nitrogens is 1. The van der Waals surface area contributed by atoms with E-state index in [-0.39, 0.29) is 5.91 Å². The minimum atomic E-state index is -0.412. The molecule has 2 N–H and O–H groups in total. The third-order valence-corrected chi connectivity index (χ3v) is 3.86. The van der Waals surface area contributed by atoms with E-state index < -0.39 is 5.97 Å². The zero-order chi connectivity index (χ0) is 17.1. The lowest BCUT2D eigenvalue weighted by atomic mass is 10.1. The minimum absolute atomic E-state index is 0.265. The van der Waals surface area contributed by atoms with Gasteiger partial charge in [0, 0.05) is 11.4 Å². The lowest BCUT2D eigenvalue weighted by Gasteiger charge is -2.11. The van der Waals surface area contributed by atoms with Crippen molar-refractivity contribution in [1.29, 1.82) is 0 Å². The second-order valence-electron chi connectivity index (χ2n) is 5.57. The van der Waals surface area contributed by atoms with Gasteiger partial charge in [-0.1, -0.05) is 18.2 Å². The van der Waals surface area contributed by atoms with Crippen LogP contribution in [0.2, 0.25) is 0 Å². The summed E-state index contributed by atoms with van der Waals surface area (Å²) in [4.78, 5) is 27.6. The number of para-hydroxylation sites is 1. The van der Waals surface area contributed by atoms with Crippen molar-refractivity contribution in [3.63, 3.8) is 0 Å². The number of hydrogen-bond acceptors (Lipinski definition) is 3. The third kappa shape index (κ3) is 3.28. The average Bonchev–Trinajstić information content (AvgIpc) is 2.78. The van der Waals surface area contributed by atoms with Crippen molar-refractivity contribution >= 4 is 17.6 Å². The largest absolute Gasteiger partial charge is 0.462 e. The third-order valence-electron chi connectivity index (χ3n) is 3.86. The van der Waals surface area contributed by atoms with Gasteiger partial charge in [-0.25, -0.2) is 4.79 Å². The SMILES string of the molecule is CCOC(=O)c1c(C)[nH]c(C(=O)Nc2c(C)cccc2C)c1C. The Balaban J connectivity index is 2.34. The lowest BCUT2D eigenvalue weighted by Crippen LogP contribution is -2.15. The molecule has 1 amide bonds. The number of benzene rings is 1. The highest BCUT2D eigenvalue weighted by molar-refractivity contribution is 6.07. The van der Waals surface area contributed by atoms with Gasteiger partial charge in [0.05, 0.1) is 12.2 Å². The highest BCUT2D eigenvalue weighted by atomic mass is 16.5. The smallest absolute Gasteiger partial charge is 0.340 e. The first-order valence-corrected chi connectivity index (χ1v) is 7.60. The molecule has 1 aromatic carbocycles. The highest BCUT2D eigenvalue weighted by Gasteiger charge is 2.23. The van der Waals surface area contributed by atoms with Gasteiger partial charge in [0.15, 0.2) is 0 Å². The quantitative estimate of drug-likeness (QED) is 0.846. The summed E-state index contributed by atoms with van der Waals surface area (Å²) in [5.74, 6) is -0.677. The molecule has 2 aromatic rings. The van der Waals surface area contributed by atoms with Crippen LogP contribution in [0.4, 0.5) is 5.69 Å². The summed E-state index contributed by atoms with van der Waals surface area (Å²) in [5.41, 5.74) is 4.82. The zero-order valence-corrected chi connectivity index (χ0v) is 14.2. The number of carbonyl (C=O) groups is 2. The van der Waals surface area contributed by atoms with Gasteiger partial charge in [-0.15, -0.1) is 0 Å². The van der Waals surface area contributed by atoms with E-state index in [2.05, 4.69) is 10.3 Å². The highest BCUT2D eigenvalue weighted by Crippen LogP contribution is 2.23. The molecule has 0 unspecified atom stereocenters. The number of H-pyrrole nitrogens is 1. The Labute approximate surface area is 136 Å². The normalized spacial score (nSPS) is 10.5. The zero-order valence-electron chi connectivity index (χ0n) is 14.2. The summed E-state index contributed by atoms with van der Waals surface area (Å²) in [6.45, 7) is 9.44. The van der Waals surface area contributed by atoms with E-state index in [1.54, 1.807) is 20.8 Å². The van der Waals surface area contributed by atoms with Crippen LogP contribution in [-0.4, -0.2) is 23.5 Å². The number of amides is 1. The Kier molecular flexibility index (Phi) is 4.89. The Morgan fingerprint density at radius 2 is 1.74 bits per heavy atom. The van der Waals surface area contributed by atoms with Gasteiger partial charge in [-0.05, 0) is 51.3 Å². The van der Waals surface area contributed by atoms with Crippen LogP contribution in [0.1, 0.15) is 50.2 Å². The minimum Gasteiger partial charge on any atom is -0.462 e. The number of esters is 1. The first-order chi connectivity index (χ1) is 10.9. The molecule has 1 aromatic heterocycles. The van der Waals surface area contributed by atoms with Crippen LogP contribution in [0.3, 0.4) is 0 Å². The summed E-state index contributed by atoms with van der Waals surface area (Å²) < 4.78 is 5.05.